The highest BCUT2D eigenvalue weighted by atomic mass is 32.2. The second-order valence-electron chi connectivity index (χ2n) is 6.47. The van der Waals surface area contributed by atoms with Crippen molar-refractivity contribution < 1.29 is 22.3 Å². The fraction of sp³-hybridized carbons (Fsp3) is 0.182. The lowest BCUT2D eigenvalue weighted by Crippen LogP contribution is -2.31. The lowest BCUT2D eigenvalue weighted by molar-refractivity contribution is 0.393. The first-order valence-electron chi connectivity index (χ1n) is 8.91. The van der Waals surface area contributed by atoms with Crippen molar-refractivity contribution in [3.8, 4) is 11.5 Å². The van der Waals surface area contributed by atoms with Crippen LogP contribution in [0, 0.1) is 12.7 Å². The summed E-state index contributed by atoms with van der Waals surface area (Å²) in [6, 6.07) is 17.3. The van der Waals surface area contributed by atoms with Crippen LogP contribution in [0.25, 0.3) is 0 Å². The van der Waals surface area contributed by atoms with E-state index >= 15 is 0 Å². The van der Waals surface area contributed by atoms with Gasteiger partial charge in [-0.3, -0.25) is 4.31 Å². The molecule has 3 aromatic carbocycles. The number of halogens is 1. The number of nitrogens with zero attached hydrogens (tertiary/aromatic N) is 1. The van der Waals surface area contributed by atoms with Gasteiger partial charge in [0.2, 0.25) is 0 Å². The molecule has 0 spiro atoms. The van der Waals surface area contributed by atoms with Gasteiger partial charge in [-0.25, -0.2) is 12.8 Å². The van der Waals surface area contributed by atoms with Gasteiger partial charge in [-0.05, 0) is 60.5 Å². The van der Waals surface area contributed by atoms with Gasteiger partial charge in [0.1, 0.15) is 17.3 Å². The zero-order valence-corrected chi connectivity index (χ0v) is 17.2. The van der Waals surface area contributed by atoms with Crippen LogP contribution in [0.4, 0.5) is 10.1 Å². The van der Waals surface area contributed by atoms with Gasteiger partial charge in [0.05, 0.1) is 31.3 Å². The zero-order chi connectivity index (χ0) is 21.0. The molecule has 0 atom stereocenters. The summed E-state index contributed by atoms with van der Waals surface area (Å²) in [4.78, 5) is 0.194. The molecule has 0 radical (unpaired) electrons. The largest absolute Gasteiger partial charge is 0.497 e. The molecule has 0 aliphatic carbocycles. The maximum absolute atomic E-state index is 13.5. The predicted molar refractivity (Wildman–Crippen MR) is 110 cm³/mol. The Morgan fingerprint density at radius 1 is 0.897 bits per heavy atom. The number of anilines is 1. The maximum atomic E-state index is 13.5. The van der Waals surface area contributed by atoms with E-state index in [-0.39, 0.29) is 11.4 Å². The minimum absolute atomic E-state index is 0.0237. The summed E-state index contributed by atoms with van der Waals surface area (Å²) in [5, 5.41) is 0. The highest BCUT2D eigenvalue weighted by molar-refractivity contribution is 7.92. The summed E-state index contributed by atoms with van der Waals surface area (Å²) in [7, 11) is -0.849. The van der Waals surface area contributed by atoms with Gasteiger partial charge >= 0.3 is 0 Å². The second-order valence-corrected chi connectivity index (χ2v) is 8.31. The van der Waals surface area contributed by atoms with Gasteiger partial charge < -0.3 is 9.47 Å². The maximum Gasteiger partial charge on any atom is 0.264 e. The van der Waals surface area contributed by atoms with Crippen LogP contribution < -0.4 is 13.8 Å². The highest BCUT2D eigenvalue weighted by Gasteiger charge is 2.27. The molecule has 0 N–H and O–H groups in total. The fourth-order valence-electron chi connectivity index (χ4n) is 3.01. The fourth-order valence-corrected chi connectivity index (χ4v) is 4.69. The normalized spacial score (nSPS) is 11.2. The Labute approximate surface area is 170 Å². The third-order valence-corrected chi connectivity index (χ3v) is 6.45. The van der Waals surface area contributed by atoms with Gasteiger partial charge in [0.25, 0.3) is 10.0 Å². The zero-order valence-electron chi connectivity index (χ0n) is 16.4. The molecule has 7 heteroatoms. The van der Waals surface area contributed by atoms with E-state index in [1.165, 1.54) is 42.8 Å². The van der Waals surface area contributed by atoms with Gasteiger partial charge in [0, 0.05) is 6.07 Å². The van der Waals surface area contributed by atoms with E-state index in [4.69, 9.17) is 9.47 Å². The number of sulfonamides is 1. The van der Waals surface area contributed by atoms with Crippen molar-refractivity contribution >= 4 is 15.7 Å². The molecule has 3 rings (SSSR count). The first kappa shape index (κ1) is 20.7. The molecule has 0 saturated heterocycles. The minimum atomic E-state index is -3.91. The Morgan fingerprint density at radius 2 is 1.48 bits per heavy atom. The number of ether oxygens (including phenoxy) is 2. The summed E-state index contributed by atoms with van der Waals surface area (Å²) in [6.45, 7) is 1.76. The number of hydrogen-bond acceptors (Lipinski definition) is 4. The van der Waals surface area contributed by atoms with Crippen LogP contribution in [0.1, 0.15) is 11.1 Å². The highest BCUT2D eigenvalue weighted by Crippen LogP contribution is 2.30. The lowest BCUT2D eigenvalue weighted by Gasteiger charge is -2.26. The lowest BCUT2D eigenvalue weighted by atomic mass is 10.2. The van der Waals surface area contributed by atoms with Gasteiger partial charge in [0.15, 0.2) is 0 Å². The van der Waals surface area contributed by atoms with Crippen molar-refractivity contribution in [2.75, 3.05) is 18.5 Å². The van der Waals surface area contributed by atoms with Crippen LogP contribution in [-0.2, 0) is 16.6 Å². The van der Waals surface area contributed by atoms with E-state index in [0.29, 0.717) is 28.3 Å². The van der Waals surface area contributed by atoms with E-state index in [2.05, 4.69) is 0 Å². The third-order valence-electron chi connectivity index (χ3n) is 4.51. The number of methoxy groups -OCH3 is 2. The van der Waals surface area contributed by atoms with Crippen molar-refractivity contribution in [1.82, 2.24) is 0 Å². The molecule has 152 valence electrons. The van der Waals surface area contributed by atoms with Crippen molar-refractivity contribution in [2.24, 2.45) is 0 Å². The summed E-state index contributed by atoms with van der Waals surface area (Å²) in [5.41, 5.74) is 1.65. The van der Waals surface area contributed by atoms with E-state index < -0.39 is 15.8 Å². The van der Waals surface area contributed by atoms with Crippen molar-refractivity contribution in [1.29, 1.82) is 0 Å². The molecule has 0 amide bonds. The average molecular weight is 415 g/mol. The molecule has 0 aliphatic heterocycles. The van der Waals surface area contributed by atoms with E-state index in [0.717, 1.165) is 0 Å². The van der Waals surface area contributed by atoms with Gasteiger partial charge in [-0.1, -0.05) is 18.2 Å². The van der Waals surface area contributed by atoms with Crippen molar-refractivity contribution in [3.63, 3.8) is 0 Å². The van der Waals surface area contributed by atoms with Crippen LogP contribution in [0.2, 0.25) is 0 Å². The number of rotatable bonds is 7. The SMILES string of the molecule is COc1cc(CN(c2ccc(F)cc2)S(=O)(=O)c2ccccc2C)cc(OC)c1. The smallest absolute Gasteiger partial charge is 0.264 e. The molecule has 0 heterocycles. The summed E-state index contributed by atoms with van der Waals surface area (Å²) >= 11 is 0. The molecule has 0 aliphatic rings. The van der Waals surface area contributed by atoms with Crippen LogP contribution in [0.15, 0.2) is 71.6 Å². The standard InChI is InChI=1S/C22H22FNO4S/c1-16-6-4-5-7-22(16)29(25,26)24(19-10-8-18(23)9-11-19)15-17-12-20(27-2)14-21(13-17)28-3/h4-14H,15H2,1-3H3. The molecule has 0 fully saturated rings. The van der Waals surface area contributed by atoms with Crippen LogP contribution in [0.3, 0.4) is 0 Å². The summed E-state index contributed by atoms with van der Waals surface area (Å²) in [6.07, 6.45) is 0. The molecule has 0 aromatic heterocycles. The van der Waals surface area contributed by atoms with Crippen LogP contribution in [0.5, 0.6) is 11.5 Å². The third kappa shape index (κ3) is 4.51. The summed E-state index contributed by atoms with van der Waals surface area (Å²) < 4.78 is 52.3. The Morgan fingerprint density at radius 3 is 2.03 bits per heavy atom. The van der Waals surface area contributed by atoms with Crippen molar-refractivity contribution in [3.05, 3.63) is 83.7 Å². The minimum Gasteiger partial charge on any atom is -0.497 e. The van der Waals surface area contributed by atoms with E-state index in [9.17, 15) is 12.8 Å². The average Bonchev–Trinajstić information content (AvgIpc) is 2.72. The molecular formula is C22H22FNO4S. The Hall–Kier alpha value is -3.06. The first-order valence-corrected chi connectivity index (χ1v) is 10.3. The summed E-state index contributed by atoms with van der Waals surface area (Å²) in [5.74, 6) is 0.656. The molecule has 29 heavy (non-hydrogen) atoms. The van der Waals surface area contributed by atoms with Gasteiger partial charge in [-0.15, -0.1) is 0 Å². The molecule has 3 aromatic rings. The second kappa shape index (κ2) is 8.53. The number of hydrogen-bond donors (Lipinski definition) is 0. The number of benzene rings is 3. The topological polar surface area (TPSA) is 55.8 Å². The Bertz CT molecular complexity index is 1080. The first-order chi connectivity index (χ1) is 13.8. The monoisotopic (exact) mass is 415 g/mol. The Balaban J connectivity index is 2.12. The number of aryl methyl sites for hydroxylation is 1. The van der Waals surface area contributed by atoms with E-state index in [1.807, 2.05) is 0 Å². The van der Waals surface area contributed by atoms with Crippen LogP contribution in [-0.4, -0.2) is 22.6 Å². The molecule has 0 unspecified atom stereocenters. The molecule has 0 saturated carbocycles. The molecule has 0 bridgehead atoms. The van der Waals surface area contributed by atoms with Gasteiger partial charge in [-0.2, -0.15) is 0 Å². The quantitative estimate of drug-likeness (QED) is 0.568. The molecular weight excluding hydrogens is 393 g/mol. The molecule has 5 nitrogen and oxygen atoms in total. The van der Waals surface area contributed by atoms with Crippen molar-refractivity contribution in [2.45, 2.75) is 18.4 Å². The predicted octanol–water partition coefficient (Wildman–Crippen LogP) is 4.55. The Kier molecular flexibility index (Phi) is 6.08. The van der Waals surface area contributed by atoms with E-state index in [1.54, 1.807) is 49.4 Å². The van der Waals surface area contributed by atoms with Crippen LogP contribution >= 0.6 is 0 Å².